The van der Waals surface area contributed by atoms with Gasteiger partial charge in [-0.15, -0.1) is 0 Å². The van der Waals surface area contributed by atoms with Gasteiger partial charge in [-0.2, -0.15) is 0 Å². The van der Waals surface area contributed by atoms with E-state index in [2.05, 4.69) is 10.3 Å². The van der Waals surface area contributed by atoms with Crippen LogP contribution in [0.2, 0.25) is 0 Å². The summed E-state index contributed by atoms with van der Waals surface area (Å²) >= 11 is 0. The molecule has 3 rings (SSSR count). The Bertz CT molecular complexity index is 974. The molecule has 1 N–H and O–H groups in total. The Hall–Kier alpha value is -2.96. The Labute approximate surface area is 143 Å². The van der Waals surface area contributed by atoms with Gasteiger partial charge in [-0.3, -0.25) is 14.2 Å². The van der Waals surface area contributed by atoms with Crippen molar-refractivity contribution in [2.24, 2.45) is 0 Å². The smallest absolute Gasteiger partial charge is 0.264 e. The van der Waals surface area contributed by atoms with E-state index in [1.54, 1.807) is 19.1 Å². The summed E-state index contributed by atoms with van der Waals surface area (Å²) < 4.78 is 19.7. The van der Waals surface area contributed by atoms with Gasteiger partial charge in [0.15, 0.2) is 0 Å². The molecule has 25 heavy (non-hydrogen) atoms. The average molecular weight is 343 g/mol. The number of hydrogen-bond acceptors (Lipinski definition) is 4. The summed E-state index contributed by atoms with van der Waals surface area (Å²) in [7, 11) is 0. The third-order valence-electron chi connectivity index (χ3n) is 4.14. The van der Waals surface area contributed by atoms with Crippen molar-refractivity contribution in [2.75, 3.05) is 0 Å². The summed E-state index contributed by atoms with van der Waals surface area (Å²) in [5.74, 6) is 0.146. The molecule has 1 aromatic carbocycles. The van der Waals surface area contributed by atoms with Crippen molar-refractivity contribution in [2.45, 2.75) is 33.4 Å². The molecule has 0 aliphatic rings. The van der Waals surface area contributed by atoms with Crippen molar-refractivity contribution < 1.29 is 13.6 Å². The molecule has 0 aliphatic carbocycles. The molecule has 2 aromatic heterocycles. The highest BCUT2D eigenvalue weighted by atomic mass is 19.1. The monoisotopic (exact) mass is 343 g/mol. The van der Waals surface area contributed by atoms with Gasteiger partial charge in [-0.05, 0) is 31.5 Å². The number of carbonyl (C=O) groups is 1. The zero-order valence-corrected chi connectivity index (χ0v) is 14.0. The minimum Gasteiger partial charge on any atom is -0.443 e. The third-order valence-corrected chi connectivity index (χ3v) is 4.14. The van der Waals surface area contributed by atoms with E-state index in [0.29, 0.717) is 23.4 Å². The van der Waals surface area contributed by atoms with E-state index in [9.17, 15) is 14.0 Å². The van der Waals surface area contributed by atoms with E-state index in [1.807, 2.05) is 6.92 Å². The lowest BCUT2D eigenvalue weighted by atomic mass is 10.2. The first-order chi connectivity index (χ1) is 12.0. The van der Waals surface area contributed by atoms with Crippen LogP contribution < -0.4 is 10.9 Å². The van der Waals surface area contributed by atoms with E-state index in [0.717, 1.165) is 11.1 Å². The van der Waals surface area contributed by atoms with Crippen molar-refractivity contribution in [1.29, 1.82) is 0 Å². The molecule has 0 bridgehead atoms. The minimum absolute atomic E-state index is 0.143. The second-order valence-corrected chi connectivity index (χ2v) is 5.86. The molecule has 0 unspecified atom stereocenters. The molecule has 1 amide bonds. The maximum Gasteiger partial charge on any atom is 0.264 e. The van der Waals surface area contributed by atoms with Gasteiger partial charge in [-0.1, -0.05) is 12.1 Å². The molecule has 0 aliphatic heterocycles. The molecule has 0 fully saturated rings. The number of fused-ring (bicyclic) bond motifs is 1. The van der Waals surface area contributed by atoms with Crippen molar-refractivity contribution in [3.8, 4) is 0 Å². The number of benzene rings is 1. The highest BCUT2D eigenvalue weighted by molar-refractivity contribution is 5.77. The van der Waals surface area contributed by atoms with Crippen molar-refractivity contribution in [3.63, 3.8) is 0 Å². The predicted octanol–water partition coefficient (Wildman–Crippen LogP) is 2.45. The lowest BCUT2D eigenvalue weighted by molar-refractivity contribution is -0.121. The van der Waals surface area contributed by atoms with E-state index in [1.165, 1.54) is 23.0 Å². The zero-order chi connectivity index (χ0) is 18.0. The van der Waals surface area contributed by atoms with Gasteiger partial charge in [0.05, 0.1) is 0 Å². The topological polar surface area (TPSA) is 77.1 Å². The van der Waals surface area contributed by atoms with Crippen molar-refractivity contribution >= 4 is 17.0 Å². The molecule has 0 spiro atoms. The number of nitrogens with zero attached hydrogens (tertiary/aromatic N) is 2. The number of aryl methyl sites for hydroxylation is 3. The summed E-state index contributed by atoms with van der Waals surface area (Å²) in [5.41, 5.74) is 1.67. The summed E-state index contributed by atoms with van der Waals surface area (Å²) in [6.07, 6.45) is 1.53. The summed E-state index contributed by atoms with van der Waals surface area (Å²) in [6, 6.07) is 5.91. The quantitative estimate of drug-likeness (QED) is 0.772. The Morgan fingerprint density at radius 1 is 1.28 bits per heavy atom. The number of furan rings is 1. The molecule has 6 nitrogen and oxygen atoms in total. The normalized spacial score (nSPS) is 11.0. The number of rotatable bonds is 5. The molecule has 0 atom stereocenters. The lowest BCUT2D eigenvalue weighted by Crippen LogP contribution is -2.27. The van der Waals surface area contributed by atoms with Crippen LogP contribution in [0.4, 0.5) is 4.39 Å². The first-order valence-corrected chi connectivity index (χ1v) is 7.92. The van der Waals surface area contributed by atoms with Crippen LogP contribution in [0.3, 0.4) is 0 Å². The van der Waals surface area contributed by atoms with E-state index < -0.39 is 0 Å². The van der Waals surface area contributed by atoms with Crippen LogP contribution in [0, 0.1) is 19.7 Å². The summed E-state index contributed by atoms with van der Waals surface area (Å²) in [4.78, 5) is 28.6. The number of carbonyl (C=O) groups excluding carboxylic acids is 1. The van der Waals surface area contributed by atoms with Gasteiger partial charge in [-0.25, -0.2) is 9.37 Å². The van der Waals surface area contributed by atoms with Crippen molar-refractivity contribution in [1.82, 2.24) is 14.9 Å². The summed E-state index contributed by atoms with van der Waals surface area (Å²) in [5, 5.41) is 3.20. The molecule has 0 saturated heterocycles. The van der Waals surface area contributed by atoms with Gasteiger partial charge < -0.3 is 9.73 Å². The standard InChI is InChI=1S/C18H18FN3O3/c1-11-12(2)25-17-16(11)18(24)22(10-21-17)8-7-15(23)20-9-13-3-5-14(19)6-4-13/h3-6,10H,7-9H2,1-2H3,(H,20,23). The van der Waals surface area contributed by atoms with Crippen LogP contribution in [0.25, 0.3) is 11.1 Å². The van der Waals surface area contributed by atoms with Gasteiger partial charge in [0.2, 0.25) is 11.6 Å². The molecule has 0 saturated carbocycles. The number of halogens is 1. The van der Waals surface area contributed by atoms with E-state index >= 15 is 0 Å². The molecular formula is C18H18FN3O3. The molecule has 0 radical (unpaired) electrons. The summed E-state index contributed by atoms with van der Waals surface area (Å²) in [6.45, 7) is 4.12. The highest BCUT2D eigenvalue weighted by Crippen LogP contribution is 2.19. The SMILES string of the molecule is Cc1oc2ncn(CCC(=O)NCc3ccc(F)cc3)c(=O)c2c1C. The molecule has 3 aromatic rings. The Morgan fingerprint density at radius 3 is 2.72 bits per heavy atom. The van der Waals surface area contributed by atoms with Crippen LogP contribution in [0.15, 0.2) is 39.8 Å². The molecule has 130 valence electrons. The fourth-order valence-corrected chi connectivity index (χ4v) is 2.54. The van der Waals surface area contributed by atoms with Crippen LogP contribution in [0.5, 0.6) is 0 Å². The first-order valence-electron chi connectivity index (χ1n) is 7.92. The highest BCUT2D eigenvalue weighted by Gasteiger charge is 2.14. The minimum atomic E-state index is -0.317. The second kappa shape index (κ2) is 6.88. The second-order valence-electron chi connectivity index (χ2n) is 5.86. The number of amides is 1. The molecular weight excluding hydrogens is 325 g/mol. The van der Waals surface area contributed by atoms with E-state index in [-0.39, 0.29) is 30.2 Å². The Balaban J connectivity index is 1.63. The first kappa shape index (κ1) is 16.9. The van der Waals surface area contributed by atoms with Gasteiger partial charge >= 0.3 is 0 Å². The van der Waals surface area contributed by atoms with Crippen LogP contribution in [-0.2, 0) is 17.9 Å². The fourth-order valence-electron chi connectivity index (χ4n) is 2.54. The number of aromatic nitrogens is 2. The van der Waals surface area contributed by atoms with Crippen molar-refractivity contribution in [3.05, 3.63) is 63.7 Å². The number of nitrogens with one attached hydrogen (secondary N) is 1. The van der Waals surface area contributed by atoms with Crippen LogP contribution >= 0.6 is 0 Å². The van der Waals surface area contributed by atoms with E-state index in [4.69, 9.17) is 4.42 Å². The Morgan fingerprint density at radius 2 is 2.00 bits per heavy atom. The largest absolute Gasteiger partial charge is 0.443 e. The van der Waals surface area contributed by atoms with Crippen LogP contribution in [-0.4, -0.2) is 15.5 Å². The van der Waals surface area contributed by atoms with Crippen LogP contribution in [0.1, 0.15) is 23.3 Å². The molecule has 2 heterocycles. The zero-order valence-electron chi connectivity index (χ0n) is 14.0. The fraction of sp³-hybridized carbons (Fsp3) is 0.278. The third kappa shape index (κ3) is 3.60. The number of hydrogen-bond donors (Lipinski definition) is 1. The predicted molar refractivity (Wildman–Crippen MR) is 90.6 cm³/mol. The molecule has 7 heteroatoms. The average Bonchev–Trinajstić information content (AvgIpc) is 2.89. The lowest BCUT2D eigenvalue weighted by Gasteiger charge is -2.07. The maximum atomic E-state index is 12.8. The van der Waals surface area contributed by atoms with Gasteiger partial charge in [0, 0.05) is 25.1 Å². The Kier molecular flexibility index (Phi) is 4.65. The maximum absolute atomic E-state index is 12.8. The van der Waals surface area contributed by atoms with Gasteiger partial charge in [0.25, 0.3) is 5.56 Å². The van der Waals surface area contributed by atoms with Gasteiger partial charge in [0.1, 0.15) is 23.3 Å².